The summed E-state index contributed by atoms with van der Waals surface area (Å²) in [5.74, 6) is 0.415. The standard InChI is InChI=1S/C17H26N2O2/c1-13(2)18-17(21)12-19-10-4-3-5-15(19)11-14-6-8-16(20)9-7-14/h6-9,13,15,20H,3-5,10-12H2,1-2H3,(H,18,21). The van der Waals surface area contributed by atoms with Crippen LogP contribution in [0.5, 0.6) is 5.75 Å². The van der Waals surface area contributed by atoms with E-state index in [0.29, 0.717) is 18.3 Å². The molecule has 0 aromatic heterocycles. The largest absolute Gasteiger partial charge is 0.508 e. The van der Waals surface area contributed by atoms with E-state index < -0.39 is 0 Å². The lowest BCUT2D eigenvalue weighted by Crippen LogP contribution is -2.47. The van der Waals surface area contributed by atoms with E-state index in [-0.39, 0.29) is 11.9 Å². The number of hydrogen-bond acceptors (Lipinski definition) is 3. The Morgan fingerprint density at radius 3 is 2.71 bits per heavy atom. The molecular formula is C17H26N2O2. The fraction of sp³-hybridized carbons (Fsp3) is 0.588. The zero-order valence-electron chi connectivity index (χ0n) is 13.0. The molecule has 2 rings (SSSR count). The Kier molecular flexibility index (Phi) is 5.62. The Morgan fingerprint density at radius 2 is 2.05 bits per heavy atom. The molecule has 0 bridgehead atoms. The maximum atomic E-state index is 12.0. The number of benzene rings is 1. The molecular weight excluding hydrogens is 264 g/mol. The first-order valence-electron chi connectivity index (χ1n) is 7.86. The number of rotatable bonds is 5. The average Bonchev–Trinajstić information content (AvgIpc) is 2.42. The highest BCUT2D eigenvalue weighted by atomic mass is 16.3. The van der Waals surface area contributed by atoms with Crippen LogP contribution in [-0.4, -0.2) is 41.1 Å². The Hall–Kier alpha value is -1.55. The number of carbonyl (C=O) groups excluding carboxylic acids is 1. The number of nitrogens with zero attached hydrogens (tertiary/aromatic N) is 1. The second-order valence-electron chi connectivity index (χ2n) is 6.21. The fourth-order valence-electron chi connectivity index (χ4n) is 2.96. The first-order valence-corrected chi connectivity index (χ1v) is 7.86. The Balaban J connectivity index is 1.95. The molecule has 1 atom stereocenters. The second kappa shape index (κ2) is 7.46. The lowest BCUT2D eigenvalue weighted by atomic mass is 9.95. The van der Waals surface area contributed by atoms with Gasteiger partial charge >= 0.3 is 0 Å². The predicted octanol–water partition coefficient (Wildman–Crippen LogP) is 2.31. The molecule has 2 N–H and O–H groups in total. The predicted molar refractivity (Wildman–Crippen MR) is 84.3 cm³/mol. The number of phenolic OH excluding ortho intramolecular Hbond substituents is 1. The number of amides is 1. The van der Waals surface area contributed by atoms with Crippen molar-refractivity contribution < 1.29 is 9.90 Å². The minimum Gasteiger partial charge on any atom is -0.508 e. The normalized spacial score (nSPS) is 19.7. The van der Waals surface area contributed by atoms with E-state index in [0.717, 1.165) is 19.4 Å². The zero-order valence-corrected chi connectivity index (χ0v) is 13.0. The van der Waals surface area contributed by atoms with E-state index >= 15 is 0 Å². The van der Waals surface area contributed by atoms with Crippen molar-refractivity contribution in [3.05, 3.63) is 29.8 Å². The van der Waals surface area contributed by atoms with E-state index in [9.17, 15) is 9.90 Å². The number of piperidine rings is 1. The van der Waals surface area contributed by atoms with Gasteiger partial charge in [0.1, 0.15) is 5.75 Å². The first-order chi connectivity index (χ1) is 10.0. The number of hydrogen-bond donors (Lipinski definition) is 2. The summed E-state index contributed by atoms with van der Waals surface area (Å²) in [5.41, 5.74) is 1.22. The van der Waals surface area contributed by atoms with E-state index in [4.69, 9.17) is 0 Å². The molecule has 1 aromatic rings. The van der Waals surface area contributed by atoms with Crippen molar-refractivity contribution in [3.63, 3.8) is 0 Å². The highest BCUT2D eigenvalue weighted by Crippen LogP contribution is 2.21. The summed E-state index contributed by atoms with van der Waals surface area (Å²) in [4.78, 5) is 14.3. The number of phenols is 1. The van der Waals surface area contributed by atoms with Crippen molar-refractivity contribution >= 4 is 5.91 Å². The smallest absolute Gasteiger partial charge is 0.234 e. The number of carbonyl (C=O) groups is 1. The third-order valence-corrected chi connectivity index (χ3v) is 3.95. The third-order valence-electron chi connectivity index (χ3n) is 3.95. The van der Waals surface area contributed by atoms with Crippen molar-refractivity contribution in [2.24, 2.45) is 0 Å². The Morgan fingerprint density at radius 1 is 1.33 bits per heavy atom. The molecule has 1 aliphatic heterocycles. The summed E-state index contributed by atoms with van der Waals surface area (Å²) in [5, 5.41) is 12.3. The van der Waals surface area contributed by atoms with Crippen LogP contribution < -0.4 is 5.32 Å². The van der Waals surface area contributed by atoms with Crippen LogP contribution in [0.15, 0.2) is 24.3 Å². The van der Waals surface area contributed by atoms with E-state index in [1.165, 1.54) is 18.4 Å². The monoisotopic (exact) mass is 290 g/mol. The Bertz CT molecular complexity index is 456. The van der Waals surface area contributed by atoms with Gasteiger partial charge in [-0.2, -0.15) is 0 Å². The van der Waals surface area contributed by atoms with Crippen molar-refractivity contribution in [2.75, 3.05) is 13.1 Å². The van der Waals surface area contributed by atoms with Crippen molar-refractivity contribution in [1.29, 1.82) is 0 Å². The summed E-state index contributed by atoms with van der Waals surface area (Å²) < 4.78 is 0. The van der Waals surface area contributed by atoms with Gasteiger partial charge in [0.2, 0.25) is 5.91 Å². The maximum absolute atomic E-state index is 12.0. The van der Waals surface area contributed by atoms with E-state index in [1.807, 2.05) is 26.0 Å². The SMILES string of the molecule is CC(C)NC(=O)CN1CCCCC1Cc1ccc(O)cc1. The molecule has 1 heterocycles. The fourth-order valence-corrected chi connectivity index (χ4v) is 2.96. The van der Waals surface area contributed by atoms with Gasteiger partial charge in [-0.1, -0.05) is 18.6 Å². The van der Waals surface area contributed by atoms with Crippen molar-refractivity contribution in [3.8, 4) is 5.75 Å². The molecule has 0 radical (unpaired) electrons. The Labute approximate surface area is 127 Å². The lowest BCUT2D eigenvalue weighted by molar-refractivity contribution is -0.123. The van der Waals surface area contributed by atoms with Gasteiger partial charge < -0.3 is 10.4 Å². The molecule has 1 aliphatic rings. The number of aromatic hydroxyl groups is 1. The van der Waals surface area contributed by atoms with Crippen molar-refractivity contribution in [1.82, 2.24) is 10.2 Å². The highest BCUT2D eigenvalue weighted by molar-refractivity contribution is 5.78. The van der Waals surface area contributed by atoms with Gasteiger partial charge in [0, 0.05) is 12.1 Å². The van der Waals surface area contributed by atoms with Gasteiger partial charge in [-0.3, -0.25) is 9.69 Å². The number of nitrogens with one attached hydrogen (secondary N) is 1. The summed E-state index contributed by atoms with van der Waals surface area (Å²) in [6, 6.07) is 8.01. The molecule has 1 saturated heterocycles. The number of likely N-dealkylation sites (tertiary alicyclic amines) is 1. The van der Waals surface area contributed by atoms with Crippen LogP contribution in [0.2, 0.25) is 0 Å². The van der Waals surface area contributed by atoms with Crippen LogP contribution in [0.4, 0.5) is 0 Å². The second-order valence-corrected chi connectivity index (χ2v) is 6.21. The van der Waals surface area contributed by atoms with Gasteiger partial charge in [-0.25, -0.2) is 0 Å². The molecule has 1 aromatic carbocycles. The third kappa shape index (κ3) is 5.05. The molecule has 1 fully saturated rings. The molecule has 0 aliphatic carbocycles. The molecule has 1 unspecified atom stereocenters. The summed E-state index contributed by atoms with van der Waals surface area (Å²) in [6.07, 6.45) is 4.47. The van der Waals surface area contributed by atoms with Crippen molar-refractivity contribution in [2.45, 2.75) is 51.6 Å². The van der Waals surface area contributed by atoms with E-state index in [1.54, 1.807) is 12.1 Å². The molecule has 4 heteroatoms. The molecule has 116 valence electrons. The molecule has 21 heavy (non-hydrogen) atoms. The van der Waals surface area contributed by atoms with Crippen LogP contribution in [0, 0.1) is 0 Å². The topological polar surface area (TPSA) is 52.6 Å². The van der Waals surface area contributed by atoms with Crippen LogP contribution in [0.3, 0.4) is 0 Å². The average molecular weight is 290 g/mol. The minimum absolute atomic E-state index is 0.114. The summed E-state index contributed by atoms with van der Waals surface area (Å²) in [7, 11) is 0. The van der Waals surface area contributed by atoms with Crippen LogP contribution >= 0.6 is 0 Å². The van der Waals surface area contributed by atoms with Gasteiger partial charge in [0.25, 0.3) is 0 Å². The van der Waals surface area contributed by atoms with Gasteiger partial charge in [-0.15, -0.1) is 0 Å². The van der Waals surface area contributed by atoms with Gasteiger partial charge in [-0.05, 0) is 57.4 Å². The van der Waals surface area contributed by atoms with Gasteiger partial charge in [0.15, 0.2) is 0 Å². The maximum Gasteiger partial charge on any atom is 0.234 e. The molecule has 4 nitrogen and oxygen atoms in total. The summed E-state index contributed by atoms with van der Waals surface area (Å²) >= 11 is 0. The van der Waals surface area contributed by atoms with Crippen LogP contribution in [0.1, 0.15) is 38.7 Å². The molecule has 0 saturated carbocycles. The lowest BCUT2D eigenvalue weighted by Gasteiger charge is -2.35. The first kappa shape index (κ1) is 15.8. The van der Waals surface area contributed by atoms with E-state index in [2.05, 4.69) is 10.2 Å². The zero-order chi connectivity index (χ0) is 15.2. The molecule has 0 spiro atoms. The highest BCUT2D eigenvalue weighted by Gasteiger charge is 2.24. The minimum atomic E-state index is 0.114. The molecule has 1 amide bonds. The van der Waals surface area contributed by atoms with Crippen LogP contribution in [0.25, 0.3) is 0 Å². The van der Waals surface area contributed by atoms with Gasteiger partial charge in [0.05, 0.1) is 6.54 Å². The summed E-state index contributed by atoms with van der Waals surface area (Å²) in [6.45, 7) is 5.46. The van der Waals surface area contributed by atoms with Crippen LogP contribution in [-0.2, 0) is 11.2 Å². The quantitative estimate of drug-likeness (QED) is 0.875.